The van der Waals surface area contributed by atoms with E-state index in [2.05, 4.69) is 5.32 Å². The van der Waals surface area contributed by atoms with Gasteiger partial charge in [-0.25, -0.2) is 4.79 Å². The van der Waals surface area contributed by atoms with Gasteiger partial charge in [0, 0.05) is 15.7 Å². The van der Waals surface area contributed by atoms with Crippen molar-refractivity contribution in [2.24, 2.45) is 0 Å². The molecule has 0 heterocycles. The summed E-state index contributed by atoms with van der Waals surface area (Å²) in [4.78, 5) is 24.8. The Bertz CT molecular complexity index is 841. The average molecular weight is 428 g/mol. The minimum atomic E-state index is -1.08. The number of ether oxygens (including phenoxy) is 4. The molecule has 2 aromatic carbocycles. The van der Waals surface area contributed by atoms with E-state index in [4.69, 9.17) is 42.1 Å². The Hall–Kier alpha value is -2.64. The Kier molecular flexibility index (Phi) is 7.37. The maximum atomic E-state index is 12.5. The van der Waals surface area contributed by atoms with Crippen LogP contribution in [0.5, 0.6) is 17.2 Å². The van der Waals surface area contributed by atoms with Gasteiger partial charge in [-0.15, -0.1) is 0 Å². The number of carbonyl (C=O) groups is 2. The lowest BCUT2D eigenvalue weighted by molar-refractivity contribution is -0.123. The van der Waals surface area contributed by atoms with Gasteiger partial charge >= 0.3 is 5.97 Å². The quantitative estimate of drug-likeness (QED) is 0.666. The molecule has 7 nitrogen and oxygen atoms in total. The van der Waals surface area contributed by atoms with Gasteiger partial charge < -0.3 is 24.3 Å². The number of hydrogen-bond donors (Lipinski definition) is 1. The van der Waals surface area contributed by atoms with E-state index in [1.54, 1.807) is 0 Å². The molecule has 2 rings (SSSR count). The number of esters is 1. The number of benzene rings is 2. The van der Waals surface area contributed by atoms with E-state index < -0.39 is 18.0 Å². The van der Waals surface area contributed by atoms with Crippen molar-refractivity contribution in [3.63, 3.8) is 0 Å². The van der Waals surface area contributed by atoms with Crippen molar-refractivity contribution >= 4 is 40.8 Å². The van der Waals surface area contributed by atoms with Crippen LogP contribution < -0.4 is 19.5 Å². The van der Waals surface area contributed by atoms with Crippen LogP contribution in [0, 0.1) is 0 Å². The third-order valence-corrected chi connectivity index (χ3v) is 4.12. The Labute approximate surface area is 172 Å². The summed E-state index contributed by atoms with van der Waals surface area (Å²) in [6, 6.07) is 7.46. The first-order valence-corrected chi connectivity index (χ1v) is 8.82. The summed E-state index contributed by atoms with van der Waals surface area (Å²) in [5.74, 6) is -0.353. The van der Waals surface area contributed by atoms with Crippen molar-refractivity contribution in [2.75, 3.05) is 26.6 Å². The predicted octanol–water partition coefficient (Wildman–Crippen LogP) is 4.20. The van der Waals surface area contributed by atoms with Gasteiger partial charge in [-0.1, -0.05) is 23.2 Å². The minimum absolute atomic E-state index is 0.139. The molecule has 0 spiro atoms. The van der Waals surface area contributed by atoms with Crippen LogP contribution in [-0.4, -0.2) is 39.3 Å². The van der Waals surface area contributed by atoms with Gasteiger partial charge in [-0.3, -0.25) is 4.79 Å². The number of carbonyl (C=O) groups excluding carboxylic acids is 2. The molecule has 0 aliphatic heterocycles. The number of rotatable bonds is 7. The van der Waals surface area contributed by atoms with Crippen molar-refractivity contribution < 1.29 is 28.5 Å². The van der Waals surface area contributed by atoms with E-state index in [9.17, 15) is 9.59 Å². The van der Waals surface area contributed by atoms with E-state index in [-0.39, 0.29) is 5.56 Å². The summed E-state index contributed by atoms with van der Waals surface area (Å²) in [6.07, 6.45) is -1.08. The lowest BCUT2D eigenvalue weighted by Gasteiger charge is -2.16. The Morgan fingerprint density at radius 3 is 1.89 bits per heavy atom. The second kappa shape index (κ2) is 9.52. The van der Waals surface area contributed by atoms with Crippen molar-refractivity contribution in [2.45, 2.75) is 13.0 Å². The SMILES string of the molecule is COc1cc(C(=O)OC(C)C(=O)Nc2cc(Cl)cc(Cl)c2)cc(OC)c1OC. The number of amides is 1. The molecule has 0 aliphatic rings. The first-order chi connectivity index (χ1) is 13.3. The molecule has 150 valence electrons. The molecule has 0 saturated carbocycles. The highest BCUT2D eigenvalue weighted by Crippen LogP contribution is 2.38. The van der Waals surface area contributed by atoms with Gasteiger partial charge in [0.1, 0.15) is 0 Å². The fourth-order valence-corrected chi connectivity index (χ4v) is 2.88. The average Bonchev–Trinajstić information content (AvgIpc) is 2.65. The van der Waals surface area contributed by atoms with Crippen LogP contribution >= 0.6 is 23.2 Å². The van der Waals surface area contributed by atoms with Crippen LogP contribution in [0.25, 0.3) is 0 Å². The fraction of sp³-hybridized carbons (Fsp3) is 0.263. The maximum absolute atomic E-state index is 12.5. The van der Waals surface area contributed by atoms with Gasteiger partial charge in [0.15, 0.2) is 17.6 Å². The van der Waals surface area contributed by atoms with Gasteiger partial charge in [0.2, 0.25) is 5.75 Å². The third kappa shape index (κ3) is 5.21. The molecule has 0 aromatic heterocycles. The first kappa shape index (κ1) is 21.7. The normalized spacial score (nSPS) is 11.4. The van der Waals surface area contributed by atoms with Gasteiger partial charge in [0.05, 0.1) is 26.9 Å². The molecule has 1 N–H and O–H groups in total. The molecular weight excluding hydrogens is 409 g/mol. The zero-order valence-corrected chi connectivity index (χ0v) is 17.2. The standard InChI is InChI=1S/C19H19Cl2NO6/c1-10(18(23)22-14-8-12(20)7-13(21)9-14)28-19(24)11-5-15(25-2)17(27-4)16(6-11)26-3/h5-10H,1-4H3,(H,22,23). The smallest absolute Gasteiger partial charge is 0.339 e. The molecule has 1 atom stereocenters. The molecule has 1 amide bonds. The number of methoxy groups -OCH3 is 3. The number of hydrogen-bond acceptors (Lipinski definition) is 6. The van der Waals surface area contributed by atoms with Crippen LogP contribution in [0.1, 0.15) is 17.3 Å². The lowest BCUT2D eigenvalue weighted by Crippen LogP contribution is -2.30. The zero-order chi connectivity index (χ0) is 20.8. The molecule has 0 radical (unpaired) electrons. The van der Waals surface area contributed by atoms with Gasteiger partial charge in [0.25, 0.3) is 5.91 Å². The van der Waals surface area contributed by atoms with Gasteiger partial charge in [-0.05, 0) is 37.3 Å². The Balaban J connectivity index is 2.14. The maximum Gasteiger partial charge on any atom is 0.339 e. The summed E-state index contributed by atoms with van der Waals surface area (Å²) in [7, 11) is 4.31. The summed E-state index contributed by atoms with van der Waals surface area (Å²) < 4.78 is 20.9. The predicted molar refractivity (Wildman–Crippen MR) is 106 cm³/mol. The second-order valence-electron chi connectivity index (χ2n) is 5.61. The van der Waals surface area contributed by atoms with E-state index in [0.29, 0.717) is 33.0 Å². The topological polar surface area (TPSA) is 83.1 Å². The Morgan fingerprint density at radius 2 is 1.43 bits per heavy atom. The summed E-state index contributed by atoms with van der Waals surface area (Å²) >= 11 is 11.8. The van der Waals surface area contributed by atoms with Crippen molar-refractivity contribution in [3.05, 3.63) is 45.9 Å². The molecule has 28 heavy (non-hydrogen) atoms. The lowest BCUT2D eigenvalue weighted by atomic mass is 10.2. The fourth-order valence-electron chi connectivity index (χ4n) is 2.35. The highest BCUT2D eigenvalue weighted by Gasteiger charge is 2.22. The third-order valence-electron chi connectivity index (χ3n) is 3.68. The highest BCUT2D eigenvalue weighted by molar-refractivity contribution is 6.35. The van der Waals surface area contributed by atoms with E-state index in [1.165, 1.54) is 58.6 Å². The summed E-state index contributed by atoms with van der Waals surface area (Å²) in [5.41, 5.74) is 0.526. The summed E-state index contributed by atoms with van der Waals surface area (Å²) in [6.45, 7) is 1.44. The zero-order valence-electron chi connectivity index (χ0n) is 15.7. The largest absolute Gasteiger partial charge is 0.493 e. The monoisotopic (exact) mass is 427 g/mol. The molecule has 0 saturated heterocycles. The molecule has 0 aliphatic carbocycles. The molecule has 2 aromatic rings. The highest BCUT2D eigenvalue weighted by atomic mass is 35.5. The van der Waals surface area contributed by atoms with E-state index >= 15 is 0 Å². The van der Waals surface area contributed by atoms with E-state index in [1.807, 2.05) is 0 Å². The number of halogens is 2. The van der Waals surface area contributed by atoms with Crippen LogP contribution in [0.2, 0.25) is 10.0 Å². The van der Waals surface area contributed by atoms with Crippen LogP contribution in [0.4, 0.5) is 5.69 Å². The number of nitrogens with one attached hydrogen (secondary N) is 1. The number of anilines is 1. The van der Waals surface area contributed by atoms with Gasteiger partial charge in [-0.2, -0.15) is 0 Å². The Morgan fingerprint density at radius 1 is 0.893 bits per heavy atom. The summed E-state index contributed by atoms with van der Waals surface area (Å²) in [5, 5.41) is 3.32. The van der Waals surface area contributed by atoms with Crippen LogP contribution in [-0.2, 0) is 9.53 Å². The van der Waals surface area contributed by atoms with Crippen LogP contribution in [0.15, 0.2) is 30.3 Å². The molecule has 0 bridgehead atoms. The van der Waals surface area contributed by atoms with Crippen molar-refractivity contribution in [1.82, 2.24) is 0 Å². The van der Waals surface area contributed by atoms with E-state index in [0.717, 1.165) is 0 Å². The van der Waals surface area contributed by atoms with Crippen molar-refractivity contribution in [1.29, 1.82) is 0 Å². The molecule has 1 unspecified atom stereocenters. The molecular formula is C19H19Cl2NO6. The first-order valence-electron chi connectivity index (χ1n) is 8.07. The minimum Gasteiger partial charge on any atom is -0.493 e. The molecule has 9 heteroatoms. The van der Waals surface area contributed by atoms with Crippen molar-refractivity contribution in [3.8, 4) is 17.2 Å². The molecule has 0 fully saturated rings. The second-order valence-corrected chi connectivity index (χ2v) is 6.48. The van der Waals surface area contributed by atoms with Crippen LogP contribution in [0.3, 0.4) is 0 Å².